The first kappa shape index (κ1) is 13.6. The van der Waals surface area contributed by atoms with Crippen LogP contribution in [0, 0.1) is 0 Å². The minimum atomic E-state index is 0.497. The second kappa shape index (κ2) is 6.40. The van der Waals surface area contributed by atoms with Crippen molar-refractivity contribution in [3.05, 3.63) is 34.6 Å². The van der Waals surface area contributed by atoms with E-state index in [2.05, 4.69) is 30.9 Å². The number of aromatic nitrogens is 3. The molecule has 7 heteroatoms. The van der Waals surface area contributed by atoms with Crippen LogP contribution >= 0.6 is 39.5 Å². The SMILES string of the molecule is CSc1cc(N)nc(SCc2ncccc2Br)n1. The van der Waals surface area contributed by atoms with Crippen molar-refractivity contribution in [3.63, 3.8) is 0 Å². The molecule has 0 aliphatic heterocycles. The molecule has 4 nitrogen and oxygen atoms in total. The van der Waals surface area contributed by atoms with E-state index in [4.69, 9.17) is 5.73 Å². The summed E-state index contributed by atoms with van der Waals surface area (Å²) in [6.45, 7) is 0. The van der Waals surface area contributed by atoms with E-state index < -0.39 is 0 Å². The van der Waals surface area contributed by atoms with Crippen LogP contribution in [0.2, 0.25) is 0 Å². The lowest BCUT2D eigenvalue weighted by molar-refractivity contribution is 0.899. The molecular weight excluding hydrogens is 332 g/mol. The molecule has 2 heterocycles. The minimum Gasteiger partial charge on any atom is -0.384 e. The molecule has 2 N–H and O–H groups in total. The van der Waals surface area contributed by atoms with Gasteiger partial charge in [0, 0.05) is 22.5 Å². The van der Waals surface area contributed by atoms with Gasteiger partial charge in [0.05, 0.1) is 5.69 Å². The van der Waals surface area contributed by atoms with Crippen molar-refractivity contribution in [1.29, 1.82) is 0 Å². The van der Waals surface area contributed by atoms with Gasteiger partial charge in [0.1, 0.15) is 10.8 Å². The lowest BCUT2D eigenvalue weighted by Gasteiger charge is -2.04. The summed E-state index contributed by atoms with van der Waals surface area (Å²) in [5.41, 5.74) is 6.70. The zero-order valence-electron chi connectivity index (χ0n) is 9.63. The van der Waals surface area contributed by atoms with Crippen molar-refractivity contribution in [3.8, 4) is 0 Å². The van der Waals surface area contributed by atoms with Crippen molar-refractivity contribution >= 4 is 45.3 Å². The summed E-state index contributed by atoms with van der Waals surface area (Å²) >= 11 is 6.54. The zero-order valence-corrected chi connectivity index (χ0v) is 12.8. The van der Waals surface area contributed by atoms with Gasteiger partial charge in [-0.3, -0.25) is 4.98 Å². The number of nitrogens with zero attached hydrogens (tertiary/aromatic N) is 3. The van der Waals surface area contributed by atoms with Crippen LogP contribution in [-0.2, 0) is 5.75 Å². The van der Waals surface area contributed by atoms with Crippen LogP contribution in [0.25, 0.3) is 0 Å². The Morgan fingerprint density at radius 1 is 1.39 bits per heavy atom. The normalized spacial score (nSPS) is 10.6. The van der Waals surface area contributed by atoms with Crippen molar-refractivity contribution in [2.24, 2.45) is 0 Å². The first-order valence-electron chi connectivity index (χ1n) is 5.10. The Morgan fingerprint density at radius 3 is 2.94 bits per heavy atom. The lowest BCUT2D eigenvalue weighted by atomic mass is 10.4. The number of anilines is 1. The summed E-state index contributed by atoms with van der Waals surface area (Å²) in [4.78, 5) is 12.9. The van der Waals surface area contributed by atoms with Crippen LogP contribution in [0.4, 0.5) is 5.82 Å². The average Bonchev–Trinajstić information content (AvgIpc) is 2.37. The summed E-state index contributed by atoms with van der Waals surface area (Å²) in [5.74, 6) is 1.20. The molecule has 0 radical (unpaired) electrons. The number of nitrogen functional groups attached to an aromatic ring is 1. The minimum absolute atomic E-state index is 0.497. The summed E-state index contributed by atoms with van der Waals surface area (Å²) in [5, 5.41) is 1.56. The number of thioether (sulfide) groups is 2. The van der Waals surface area contributed by atoms with E-state index in [1.165, 1.54) is 11.8 Å². The Morgan fingerprint density at radius 2 is 2.22 bits per heavy atom. The van der Waals surface area contributed by atoms with Crippen LogP contribution in [0.5, 0.6) is 0 Å². The highest BCUT2D eigenvalue weighted by molar-refractivity contribution is 9.10. The summed E-state index contributed by atoms with van der Waals surface area (Å²) in [6, 6.07) is 5.63. The Kier molecular flexibility index (Phi) is 4.85. The van der Waals surface area contributed by atoms with E-state index >= 15 is 0 Å². The highest BCUT2D eigenvalue weighted by Gasteiger charge is 2.06. The van der Waals surface area contributed by atoms with Gasteiger partial charge in [-0.1, -0.05) is 11.8 Å². The van der Waals surface area contributed by atoms with E-state index in [0.29, 0.717) is 16.7 Å². The van der Waals surface area contributed by atoms with E-state index in [0.717, 1.165) is 15.2 Å². The maximum atomic E-state index is 5.73. The Hall–Kier alpha value is -0.790. The largest absolute Gasteiger partial charge is 0.384 e. The number of nitrogens with two attached hydrogens (primary N) is 1. The quantitative estimate of drug-likeness (QED) is 0.522. The maximum absolute atomic E-state index is 5.73. The molecular formula is C11H11BrN4S2. The Bertz CT molecular complexity index is 550. The summed E-state index contributed by atoms with van der Waals surface area (Å²) in [6.07, 6.45) is 3.74. The van der Waals surface area contributed by atoms with Gasteiger partial charge in [0.15, 0.2) is 5.16 Å². The second-order valence-corrected chi connectivity index (χ2v) is 5.96. The average molecular weight is 343 g/mol. The lowest BCUT2D eigenvalue weighted by Crippen LogP contribution is -1.97. The molecule has 18 heavy (non-hydrogen) atoms. The highest BCUT2D eigenvalue weighted by Crippen LogP contribution is 2.25. The number of hydrogen-bond acceptors (Lipinski definition) is 6. The first-order valence-corrected chi connectivity index (χ1v) is 8.10. The van der Waals surface area contributed by atoms with Crippen LogP contribution in [0.15, 0.2) is 39.1 Å². The highest BCUT2D eigenvalue weighted by atomic mass is 79.9. The fraction of sp³-hybridized carbons (Fsp3) is 0.182. The van der Waals surface area contributed by atoms with E-state index in [-0.39, 0.29) is 0 Å². The standard InChI is InChI=1S/C11H11BrN4S2/c1-17-10-5-9(13)15-11(16-10)18-6-8-7(12)3-2-4-14-8/h2-5H,6H2,1H3,(H2,13,15,16). The van der Waals surface area contributed by atoms with Gasteiger partial charge in [-0.2, -0.15) is 0 Å². The molecule has 0 unspecified atom stereocenters. The van der Waals surface area contributed by atoms with Crippen molar-refractivity contribution < 1.29 is 0 Å². The van der Waals surface area contributed by atoms with Gasteiger partial charge in [-0.05, 0) is 34.3 Å². The van der Waals surface area contributed by atoms with Gasteiger partial charge in [-0.25, -0.2) is 9.97 Å². The van der Waals surface area contributed by atoms with Gasteiger partial charge in [0.2, 0.25) is 0 Å². The van der Waals surface area contributed by atoms with E-state index in [1.54, 1.807) is 24.0 Å². The third kappa shape index (κ3) is 3.60. The van der Waals surface area contributed by atoms with Crippen LogP contribution < -0.4 is 5.73 Å². The smallest absolute Gasteiger partial charge is 0.190 e. The van der Waals surface area contributed by atoms with Crippen molar-refractivity contribution in [2.75, 3.05) is 12.0 Å². The molecule has 2 aromatic heterocycles. The number of pyridine rings is 1. The molecule has 0 aliphatic rings. The molecule has 0 spiro atoms. The monoisotopic (exact) mass is 342 g/mol. The Labute approximate surface area is 122 Å². The second-order valence-electron chi connectivity index (χ2n) is 3.34. The van der Waals surface area contributed by atoms with Crippen molar-refractivity contribution in [1.82, 2.24) is 15.0 Å². The summed E-state index contributed by atoms with van der Waals surface area (Å²) in [7, 11) is 0. The molecule has 2 rings (SSSR count). The summed E-state index contributed by atoms with van der Waals surface area (Å²) < 4.78 is 0.992. The molecule has 0 saturated heterocycles. The number of halogens is 1. The zero-order chi connectivity index (χ0) is 13.0. The maximum Gasteiger partial charge on any atom is 0.190 e. The predicted molar refractivity (Wildman–Crippen MR) is 79.7 cm³/mol. The third-order valence-corrected chi connectivity index (χ3v) is 4.29. The van der Waals surface area contributed by atoms with Crippen LogP contribution in [0.3, 0.4) is 0 Å². The van der Waals surface area contributed by atoms with Gasteiger partial charge < -0.3 is 5.73 Å². The van der Waals surface area contributed by atoms with Gasteiger partial charge in [-0.15, -0.1) is 11.8 Å². The molecule has 2 aromatic rings. The number of hydrogen-bond donors (Lipinski definition) is 1. The molecule has 0 fully saturated rings. The first-order chi connectivity index (χ1) is 8.69. The number of rotatable bonds is 4. The molecule has 94 valence electrons. The molecule has 0 saturated carbocycles. The van der Waals surface area contributed by atoms with Crippen molar-refractivity contribution in [2.45, 2.75) is 15.9 Å². The predicted octanol–water partition coefficient (Wildman–Crippen LogP) is 3.23. The van der Waals surface area contributed by atoms with Crippen LogP contribution in [-0.4, -0.2) is 21.2 Å². The van der Waals surface area contributed by atoms with E-state index in [9.17, 15) is 0 Å². The van der Waals surface area contributed by atoms with E-state index in [1.807, 2.05) is 18.4 Å². The van der Waals surface area contributed by atoms with Gasteiger partial charge in [0.25, 0.3) is 0 Å². The molecule has 0 aliphatic carbocycles. The third-order valence-electron chi connectivity index (χ3n) is 2.08. The Balaban J connectivity index is 2.11. The topological polar surface area (TPSA) is 64.7 Å². The van der Waals surface area contributed by atoms with Gasteiger partial charge >= 0.3 is 0 Å². The fourth-order valence-corrected chi connectivity index (χ4v) is 3.13. The van der Waals surface area contributed by atoms with Crippen LogP contribution in [0.1, 0.15) is 5.69 Å². The molecule has 0 atom stereocenters. The molecule has 0 amide bonds. The fourth-order valence-electron chi connectivity index (χ4n) is 1.25. The molecule has 0 aromatic carbocycles. The molecule has 0 bridgehead atoms.